The lowest BCUT2D eigenvalue weighted by atomic mass is 9.70. The van der Waals surface area contributed by atoms with Crippen molar-refractivity contribution in [2.75, 3.05) is 4.90 Å². The second-order valence-corrected chi connectivity index (χ2v) is 33.1. The van der Waals surface area contributed by atoms with Crippen molar-refractivity contribution in [3.8, 4) is 66.8 Å². The van der Waals surface area contributed by atoms with Gasteiger partial charge in [0.15, 0.2) is 0 Å². The van der Waals surface area contributed by atoms with Crippen LogP contribution in [0.1, 0.15) is 291 Å². The number of fused-ring (bicyclic) bond motifs is 14. The summed E-state index contributed by atoms with van der Waals surface area (Å²) in [4.78, 5) is 2.76. The Morgan fingerprint density at radius 3 is 0.895 bits per heavy atom. The molecule has 0 unspecified atom stereocenters. The van der Waals surface area contributed by atoms with E-state index >= 15 is 0 Å². The topological polar surface area (TPSA) is 3.24 Å². The molecule has 1 heteroatoms. The Hall–Kier alpha value is -8.26. The standard InChI is InChI=1S/C104H119N/c1-11-19-27-35-63-104(64-36-28-20-12-2)95-68-75(100-88-40-31-29-38-86(88)99(87-39-30-32-41-89(87)100)74-46-56-92-90(67-74)79-37-33-34-42-91(79)101(92,57-21-13-3)58-22-14-4)45-52-82(95)85-55-49-78(71-98(85)104)105(76-47-53-83-80-50-43-72(9)65-93(80)102(59-23-15-5,60-24-16-6)96(83)69-76)77-48-54-84-81-51-44-73(10)66-94(81)103(61-25-17-7,62-26-18-8)97(84)70-77/h29-34,37-56,65-71H,11-28,35-36,57-64H2,1-10H3. The van der Waals surface area contributed by atoms with Gasteiger partial charge in [0.1, 0.15) is 0 Å². The van der Waals surface area contributed by atoms with Crippen LogP contribution >= 0.6 is 0 Å². The summed E-state index contributed by atoms with van der Waals surface area (Å²) in [5.74, 6) is 0. The third-order valence-electron chi connectivity index (χ3n) is 26.6. The van der Waals surface area contributed by atoms with E-state index in [0.29, 0.717) is 0 Å². The van der Waals surface area contributed by atoms with Crippen molar-refractivity contribution >= 4 is 38.6 Å². The number of benzene rings is 11. The van der Waals surface area contributed by atoms with Gasteiger partial charge in [-0.15, -0.1) is 0 Å². The van der Waals surface area contributed by atoms with Crippen LogP contribution in [0, 0.1) is 13.8 Å². The van der Waals surface area contributed by atoms with Gasteiger partial charge in [0.2, 0.25) is 0 Å². The normalized spacial score (nSPS) is 14.8. The lowest BCUT2D eigenvalue weighted by Crippen LogP contribution is -2.27. The fourth-order valence-corrected chi connectivity index (χ4v) is 21.3. The molecule has 11 aromatic rings. The van der Waals surface area contributed by atoms with Gasteiger partial charge in [-0.3, -0.25) is 0 Å². The highest BCUT2D eigenvalue weighted by atomic mass is 15.1. The summed E-state index contributed by atoms with van der Waals surface area (Å²) >= 11 is 0. The molecule has 0 radical (unpaired) electrons. The number of anilines is 3. The molecule has 1 nitrogen and oxygen atoms in total. The highest BCUT2D eigenvalue weighted by Crippen LogP contribution is 2.62. The maximum absolute atomic E-state index is 2.76. The van der Waals surface area contributed by atoms with Crippen molar-refractivity contribution in [3.05, 3.63) is 256 Å². The van der Waals surface area contributed by atoms with Gasteiger partial charge < -0.3 is 4.90 Å². The molecule has 15 rings (SSSR count). The van der Waals surface area contributed by atoms with E-state index in [1.54, 1.807) is 27.8 Å². The molecule has 540 valence electrons. The number of nitrogens with zero attached hydrogens (tertiary/aromatic N) is 1. The summed E-state index contributed by atoms with van der Waals surface area (Å²) in [5, 5.41) is 5.33. The Morgan fingerprint density at radius 2 is 0.505 bits per heavy atom. The predicted molar refractivity (Wildman–Crippen MR) is 456 cm³/mol. The molecule has 0 atom stereocenters. The summed E-state index contributed by atoms with van der Waals surface area (Å²) in [5.41, 5.74) is 35.5. The minimum Gasteiger partial charge on any atom is -0.310 e. The largest absolute Gasteiger partial charge is 0.310 e. The van der Waals surface area contributed by atoms with Crippen LogP contribution in [-0.2, 0) is 21.7 Å². The molecule has 4 aliphatic rings. The maximum atomic E-state index is 2.76. The highest BCUT2D eigenvalue weighted by Gasteiger charge is 2.48. The molecular formula is C104H119N. The Balaban J connectivity index is 0.934. The zero-order chi connectivity index (χ0) is 72.5. The van der Waals surface area contributed by atoms with Crippen LogP contribution in [0.5, 0.6) is 0 Å². The maximum Gasteiger partial charge on any atom is 0.0465 e. The number of rotatable bonds is 33. The van der Waals surface area contributed by atoms with E-state index in [1.807, 2.05) is 0 Å². The highest BCUT2D eigenvalue weighted by molar-refractivity contribution is 6.22. The number of unbranched alkanes of at least 4 members (excludes halogenated alkanes) is 12. The quantitative estimate of drug-likeness (QED) is 0.0293. The molecule has 0 aromatic heterocycles. The van der Waals surface area contributed by atoms with Gasteiger partial charge in [-0.05, 0) is 247 Å². The van der Waals surface area contributed by atoms with E-state index in [-0.39, 0.29) is 21.7 Å². The minimum atomic E-state index is -0.195. The first-order valence-electron chi connectivity index (χ1n) is 42.3. The van der Waals surface area contributed by atoms with E-state index in [1.165, 1.54) is 300 Å². The van der Waals surface area contributed by atoms with Crippen molar-refractivity contribution in [3.63, 3.8) is 0 Å². The van der Waals surface area contributed by atoms with Gasteiger partial charge in [-0.2, -0.15) is 0 Å². The van der Waals surface area contributed by atoms with E-state index in [9.17, 15) is 0 Å². The van der Waals surface area contributed by atoms with Gasteiger partial charge in [0, 0.05) is 38.7 Å². The molecule has 0 saturated heterocycles. The zero-order valence-electron chi connectivity index (χ0n) is 65.8. The second kappa shape index (κ2) is 30.9. The Kier molecular flexibility index (Phi) is 21.3. The molecule has 0 bridgehead atoms. The van der Waals surface area contributed by atoms with Crippen LogP contribution in [0.2, 0.25) is 0 Å². The van der Waals surface area contributed by atoms with Crippen molar-refractivity contribution in [2.24, 2.45) is 0 Å². The smallest absolute Gasteiger partial charge is 0.0465 e. The number of aryl methyl sites for hydroxylation is 2. The van der Waals surface area contributed by atoms with Gasteiger partial charge in [-0.1, -0.05) is 347 Å². The lowest BCUT2D eigenvalue weighted by Gasteiger charge is -2.36. The molecule has 0 N–H and O–H groups in total. The zero-order valence-corrected chi connectivity index (χ0v) is 65.8. The van der Waals surface area contributed by atoms with Crippen LogP contribution in [0.4, 0.5) is 17.1 Å². The summed E-state index contributed by atoms with van der Waals surface area (Å²) in [6.07, 6.45) is 33.7. The molecule has 11 aromatic carbocycles. The van der Waals surface area contributed by atoms with Gasteiger partial charge in [0.25, 0.3) is 0 Å². The first-order chi connectivity index (χ1) is 51.5. The third-order valence-corrected chi connectivity index (χ3v) is 26.6. The second-order valence-electron chi connectivity index (χ2n) is 33.1. The molecule has 0 spiro atoms. The Morgan fingerprint density at radius 1 is 0.219 bits per heavy atom. The predicted octanol–water partition coefficient (Wildman–Crippen LogP) is 31.6. The van der Waals surface area contributed by atoms with Crippen LogP contribution in [0.25, 0.3) is 88.3 Å². The molecule has 0 heterocycles. The molecule has 0 fully saturated rings. The third kappa shape index (κ3) is 12.5. The summed E-state index contributed by atoms with van der Waals surface area (Å²) in [7, 11) is 0. The van der Waals surface area contributed by atoms with Gasteiger partial charge in [0.05, 0.1) is 0 Å². The van der Waals surface area contributed by atoms with Crippen molar-refractivity contribution in [2.45, 2.75) is 271 Å². The summed E-state index contributed by atoms with van der Waals surface area (Å²) in [6.45, 7) is 23.7. The molecule has 0 aliphatic heterocycles. The van der Waals surface area contributed by atoms with Crippen LogP contribution in [0.3, 0.4) is 0 Å². The monoisotopic (exact) mass is 1380 g/mol. The van der Waals surface area contributed by atoms with E-state index in [4.69, 9.17) is 0 Å². The average Bonchev–Trinajstić information content (AvgIpc) is 1.63. The number of hydrogen-bond acceptors (Lipinski definition) is 1. The fraction of sp³-hybridized carbons (Fsp3) is 0.404. The van der Waals surface area contributed by atoms with Crippen molar-refractivity contribution in [1.29, 1.82) is 0 Å². The molecule has 4 aliphatic carbocycles. The first-order valence-corrected chi connectivity index (χ1v) is 42.3. The summed E-state index contributed by atoms with van der Waals surface area (Å²) in [6, 6.07) is 82.3. The first kappa shape index (κ1) is 72.3. The van der Waals surface area contributed by atoms with Crippen molar-refractivity contribution in [1.82, 2.24) is 0 Å². The van der Waals surface area contributed by atoms with Gasteiger partial charge >= 0.3 is 0 Å². The molecule has 0 amide bonds. The summed E-state index contributed by atoms with van der Waals surface area (Å²) < 4.78 is 0. The van der Waals surface area contributed by atoms with E-state index < -0.39 is 0 Å². The average molecular weight is 1380 g/mol. The van der Waals surface area contributed by atoms with Crippen LogP contribution < -0.4 is 4.90 Å². The van der Waals surface area contributed by atoms with Crippen LogP contribution in [-0.4, -0.2) is 0 Å². The number of hydrogen-bond donors (Lipinski definition) is 0. The van der Waals surface area contributed by atoms with Gasteiger partial charge in [-0.25, -0.2) is 0 Å². The van der Waals surface area contributed by atoms with E-state index in [2.05, 4.69) is 274 Å². The van der Waals surface area contributed by atoms with E-state index in [0.717, 1.165) is 12.8 Å². The molecule has 0 saturated carbocycles. The van der Waals surface area contributed by atoms with Crippen LogP contribution in [0.15, 0.2) is 200 Å². The SMILES string of the molecule is CCCCCCC1(CCCCCC)c2cc(-c3c4ccccc4c(-c4ccc5c(c4)-c4ccccc4C5(CCCC)CCCC)c4ccccc34)ccc2-c2ccc(N(c3ccc4c(c3)C(CCCC)(CCCC)c3cc(C)ccc3-4)c3ccc4c(c3)C(CCCC)(CCCC)c3cc(C)ccc3-4)cc21. The van der Waals surface area contributed by atoms with Crippen molar-refractivity contribution < 1.29 is 0 Å². The Labute approximate surface area is 632 Å². The minimum absolute atomic E-state index is 0.0502. The molecular weight excluding hydrogens is 1260 g/mol. The fourth-order valence-electron chi connectivity index (χ4n) is 21.3. The lowest BCUT2D eigenvalue weighted by molar-refractivity contribution is 0.401. The molecule has 105 heavy (non-hydrogen) atoms. The Bertz CT molecular complexity index is 4750.